The van der Waals surface area contributed by atoms with Crippen LogP contribution in [0.15, 0.2) is 29.1 Å². The number of likely N-dealkylation sites (tertiary alicyclic amines) is 1. The molecule has 0 aliphatic carbocycles. The van der Waals surface area contributed by atoms with E-state index in [2.05, 4.69) is 11.3 Å². The van der Waals surface area contributed by atoms with Gasteiger partial charge in [0.15, 0.2) is 0 Å². The van der Waals surface area contributed by atoms with E-state index in [1.165, 1.54) is 6.07 Å². The number of pyridine rings is 1. The lowest BCUT2D eigenvalue weighted by Crippen LogP contribution is -2.35. The van der Waals surface area contributed by atoms with Gasteiger partial charge >= 0.3 is 0 Å². The summed E-state index contributed by atoms with van der Waals surface area (Å²) >= 11 is 0. The van der Waals surface area contributed by atoms with Crippen molar-refractivity contribution < 1.29 is 9.53 Å². The van der Waals surface area contributed by atoms with E-state index in [9.17, 15) is 9.59 Å². The number of amides is 1. The number of ether oxygens (including phenoxy) is 1. The third-order valence-corrected chi connectivity index (χ3v) is 4.52. The molecule has 0 bridgehead atoms. The van der Waals surface area contributed by atoms with Gasteiger partial charge in [0.05, 0.1) is 18.2 Å². The first-order valence-electron chi connectivity index (χ1n) is 8.15. The van der Waals surface area contributed by atoms with Crippen molar-refractivity contribution in [3.63, 3.8) is 0 Å². The molecule has 0 unspecified atom stereocenters. The van der Waals surface area contributed by atoms with Gasteiger partial charge in [-0.15, -0.1) is 0 Å². The molecule has 1 aliphatic heterocycles. The average Bonchev–Trinajstić information content (AvgIpc) is 2.60. The Morgan fingerprint density at radius 1 is 1.21 bits per heavy atom. The third-order valence-electron chi connectivity index (χ3n) is 4.52. The second kappa shape index (κ2) is 7.05. The first-order chi connectivity index (χ1) is 11.6. The van der Waals surface area contributed by atoms with Crippen molar-refractivity contribution in [3.8, 4) is 5.75 Å². The van der Waals surface area contributed by atoms with Crippen LogP contribution < -0.4 is 16.0 Å². The molecule has 6 heteroatoms. The number of rotatable bonds is 5. The van der Waals surface area contributed by atoms with E-state index in [0.717, 1.165) is 32.5 Å². The van der Waals surface area contributed by atoms with Crippen LogP contribution in [0.2, 0.25) is 0 Å². The topological polar surface area (TPSA) is 77.6 Å². The highest BCUT2D eigenvalue weighted by Crippen LogP contribution is 2.22. The Morgan fingerprint density at radius 2 is 1.96 bits per heavy atom. The molecule has 1 amide bonds. The fraction of sp³-hybridized carbons (Fsp3) is 0.389. The number of hydrogen-bond donors (Lipinski definition) is 1. The molecule has 1 radical (unpaired) electrons. The van der Waals surface area contributed by atoms with Crippen molar-refractivity contribution in [2.75, 3.05) is 26.7 Å². The molecular formula is C18H22N3O3. The number of nitrogens with two attached hydrogens (primary N) is 1. The second-order valence-corrected chi connectivity index (χ2v) is 6.00. The van der Waals surface area contributed by atoms with Crippen LogP contribution in [0.1, 0.15) is 23.2 Å². The van der Waals surface area contributed by atoms with Crippen molar-refractivity contribution in [1.82, 2.24) is 9.47 Å². The van der Waals surface area contributed by atoms with Gasteiger partial charge in [0.25, 0.3) is 5.56 Å². The Kier molecular flexibility index (Phi) is 4.85. The maximum absolute atomic E-state index is 12.5. The number of aromatic nitrogens is 1. The molecule has 1 aliphatic rings. The van der Waals surface area contributed by atoms with Crippen molar-refractivity contribution in [2.24, 2.45) is 5.73 Å². The molecule has 3 rings (SSSR count). The van der Waals surface area contributed by atoms with Gasteiger partial charge in [-0.2, -0.15) is 0 Å². The number of fused-ring (bicyclic) bond motifs is 1. The van der Waals surface area contributed by atoms with E-state index in [1.54, 1.807) is 29.9 Å². The van der Waals surface area contributed by atoms with Gasteiger partial charge in [-0.05, 0) is 44.5 Å². The molecule has 1 saturated heterocycles. The summed E-state index contributed by atoms with van der Waals surface area (Å²) in [6, 6.07) is 6.67. The fourth-order valence-electron chi connectivity index (χ4n) is 3.19. The van der Waals surface area contributed by atoms with E-state index >= 15 is 0 Å². The van der Waals surface area contributed by atoms with Crippen LogP contribution in [-0.4, -0.2) is 42.1 Å². The first kappa shape index (κ1) is 16.5. The van der Waals surface area contributed by atoms with Crippen LogP contribution in [0.25, 0.3) is 10.9 Å². The van der Waals surface area contributed by atoms with Crippen LogP contribution in [0.3, 0.4) is 0 Å². The summed E-state index contributed by atoms with van der Waals surface area (Å²) in [4.78, 5) is 26.5. The predicted molar refractivity (Wildman–Crippen MR) is 93.3 cm³/mol. The van der Waals surface area contributed by atoms with Gasteiger partial charge in [0, 0.05) is 30.6 Å². The van der Waals surface area contributed by atoms with Gasteiger partial charge in [-0.3, -0.25) is 9.59 Å². The summed E-state index contributed by atoms with van der Waals surface area (Å²) in [6.45, 7) is 3.42. The summed E-state index contributed by atoms with van der Waals surface area (Å²) in [5, 5.41) is 0.676. The van der Waals surface area contributed by atoms with Crippen LogP contribution in [-0.2, 0) is 6.54 Å². The normalized spacial score (nSPS) is 15.5. The zero-order valence-electron chi connectivity index (χ0n) is 13.8. The van der Waals surface area contributed by atoms with Crippen LogP contribution in [0.4, 0.5) is 0 Å². The molecule has 0 atom stereocenters. The quantitative estimate of drug-likeness (QED) is 0.900. The Hall–Kier alpha value is -2.34. The van der Waals surface area contributed by atoms with Crippen molar-refractivity contribution in [3.05, 3.63) is 46.6 Å². The molecule has 1 fully saturated rings. The Bertz CT molecular complexity index is 807. The van der Waals surface area contributed by atoms with E-state index in [0.29, 0.717) is 23.2 Å². The van der Waals surface area contributed by atoms with E-state index in [4.69, 9.17) is 10.5 Å². The number of carbonyl (C=O) groups is 1. The zero-order valence-corrected chi connectivity index (χ0v) is 13.8. The number of nitrogens with zero attached hydrogens (tertiary/aromatic N) is 2. The SMILES string of the molecule is COc1ccc2c(C(N)=O)cc(=O)n(CCN3CC[CH]CC3)c2c1. The summed E-state index contributed by atoms with van der Waals surface area (Å²) in [7, 11) is 1.58. The lowest BCUT2D eigenvalue weighted by atomic mass is 10.1. The minimum Gasteiger partial charge on any atom is -0.497 e. The summed E-state index contributed by atoms with van der Waals surface area (Å²) in [5.74, 6) is 0.0471. The highest BCUT2D eigenvalue weighted by molar-refractivity contribution is 6.05. The maximum atomic E-state index is 12.5. The highest BCUT2D eigenvalue weighted by atomic mass is 16.5. The third kappa shape index (κ3) is 3.28. The summed E-state index contributed by atoms with van der Waals surface area (Å²) in [6.07, 6.45) is 4.47. The van der Waals surface area contributed by atoms with Gasteiger partial charge in [0.1, 0.15) is 5.75 Å². The fourth-order valence-corrected chi connectivity index (χ4v) is 3.19. The number of methoxy groups -OCH3 is 1. The minimum absolute atomic E-state index is 0.215. The maximum Gasteiger partial charge on any atom is 0.251 e. The second-order valence-electron chi connectivity index (χ2n) is 6.00. The summed E-state index contributed by atoms with van der Waals surface area (Å²) in [5.41, 5.74) is 6.15. The Labute approximate surface area is 140 Å². The van der Waals surface area contributed by atoms with Gasteiger partial charge in [0.2, 0.25) is 5.91 Å². The molecule has 2 heterocycles. The average molecular weight is 328 g/mol. The monoisotopic (exact) mass is 328 g/mol. The number of primary amides is 1. The summed E-state index contributed by atoms with van der Waals surface area (Å²) < 4.78 is 6.96. The molecule has 6 nitrogen and oxygen atoms in total. The molecule has 2 N–H and O–H groups in total. The van der Waals surface area contributed by atoms with Crippen LogP contribution >= 0.6 is 0 Å². The highest BCUT2D eigenvalue weighted by Gasteiger charge is 2.15. The number of hydrogen-bond acceptors (Lipinski definition) is 4. The number of carbonyl (C=O) groups excluding carboxylic acids is 1. The predicted octanol–water partition coefficient (Wildman–Crippen LogP) is 1.41. The number of piperidine rings is 1. The first-order valence-corrected chi connectivity index (χ1v) is 8.15. The van der Waals surface area contributed by atoms with E-state index < -0.39 is 5.91 Å². The molecule has 24 heavy (non-hydrogen) atoms. The van der Waals surface area contributed by atoms with Crippen molar-refractivity contribution in [1.29, 1.82) is 0 Å². The van der Waals surface area contributed by atoms with Gasteiger partial charge in [-0.25, -0.2) is 0 Å². The van der Waals surface area contributed by atoms with Crippen molar-refractivity contribution in [2.45, 2.75) is 19.4 Å². The Morgan fingerprint density at radius 3 is 2.62 bits per heavy atom. The largest absolute Gasteiger partial charge is 0.497 e. The number of benzene rings is 1. The van der Waals surface area contributed by atoms with Gasteiger partial charge in [-0.1, -0.05) is 0 Å². The molecule has 1 aromatic heterocycles. The lowest BCUT2D eigenvalue weighted by Gasteiger charge is -2.26. The Balaban J connectivity index is 2.01. The molecular weight excluding hydrogens is 306 g/mol. The molecule has 1 aromatic carbocycles. The van der Waals surface area contributed by atoms with Crippen LogP contribution in [0.5, 0.6) is 5.75 Å². The van der Waals surface area contributed by atoms with Gasteiger partial charge < -0.3 is 19.9 Å². The zero-order chi connectivity index (χ0) is 17.1. The minimum atomic E-state index is -0.596. The molecule has 0 saturated carbocycles. The van der Waals surface area contributed by atoms with E-state index in [-0.39, 0.29) is 11.1 Å². The standard InChI is InChI=1S/C18H22N3O3/c1-24-13-5-6-14-15(18(19)23)12-17(22)21(16(14)11-13)10-9-20-7-3-2-4-8-20/h2,5-6,11-12H,3-4,7-10H2,1H3,(H2,19,23). The smallest absolute Gasteiger partial charge is 0.251 e. The van der Waals surface area contributed by atoms with Crippen molar-refractivity contribution >= 4 is 16.8 Å². The lowest BCUT2D eigenvalue weighted by molar-refractivity contribution is 0.100. The molecule has 2 aromatic rings. The van der Waals surface area contributed by atoms with E-state index in [1.807, 2.05) is 0 Å². The molecule has 0 spiro atoms. The van der Waals surface area contributed by atoms with Crippen LogP contribution in [0, 0.1) is 6.42 Å². The molecule has 127 valence electrons.